The Kier molecular flexibility index (Phi) is 6.27. The molecule has 9 heteroatoms. The monoisotopic (exact) mass is 482 g/mol. The fourth-order valence-corrected chi connectivity index (χ4v) is 5.11. The summed E-state index contributed by atoms with van der Waals surface area (Å²) in [5.74, 6) is -1.04. The Bertz CT molecular complexity index is 1090. The van der Waals surface area contributed by atoms with Gasteiger partial charge in [-0.2, -0.15) is 0 Å². The Hall–Kier alpha value is -2.98. The number of nitrogens with zero attached hydrogens (tertiary/aromatic N) is 2. The van der Waals surface area contributed by atoms with Gasteiger partial charge in [-0.05, 0) is 25.5 Å². The molecule has 3 saturated heterocycles. The summed E-state index contributed by atoms with van der Waals surface area (Å²) in [6.45, 7) is 3.87. The Balaban J connectivity index is 1.46. The smallest absolute Gasteiger partial charge is 0.327 e. The van der Waals surface area contributed by atoms with Gasteiger partial charge in [-0.1, -0.05) is 48.5 Å². The number of phenolic OH excluding ortho intramolecular Hbond substituents is 1. The van der Waals surface area contributed by atoms with Crippen LogP contribution in [0.5, 0.6) is 5.75 Å². The van der Waals surface area contributed by atoms with E-state index in [4.69, 9.17) is 18.9 Å². The average molecular weight is 483 g/mol. The molecule has 1 N–H and O–H groups in total. The topological polar surface area (TPSA) is 97.8 Å². The lowest BCUT2D eigenvalue weighted by atomic mass is 9.95. The summed E-state index contributed by atoms with van der Waals surface area (Å²) >= 11 is 0. The standard InChI is InChI=1S/C26H30N2O7/c1-26(2)34-23-22(32-3)21(33-24(23)35-26)18-13-20(30)28(14-16-9-5-4-6-10-16)25(31)27(18)15-17-11-7-8-12-19(17)29/h4-12,18,21-24,29H,13-15H2,1-3H3/t18-,21+,22-,23+,24+/m0/s1. The maximum atomic E-state index is 13.8. The molecule has 35 heavy (non-hydrogen) atoms. The number of fused-ring (bicyclic) bond motifs is 1. The Labute approximate surface area is 204 Å². The van der Waals surface area contributed by atoms with Crippen molar-refractivity contribution in [2.45, 2.75) is 69.8 Å². The Morgan fingerprint density at radius 2 is 1.71 bits per heavy atom. The van der Waals surface area contributed by atoms with E-state index in [0.29, 0.717) is 5.56 Å². The first kappa shape index (κ1) is 23.7. The summed E-state index contributed by atoms with van der Waals surface area (Å²) in [5, 5.41) is 10.4. The van der Waals surface area contributed by atoms with Crippen LogP contribution < -0.4 is 0 Å². The molecule has 3 aliphatic rings. The van der Waals surface area contributed by atoms with E-state index in [1.165, 1.54) is 4.90 Å². The molecular formula is C26H30N2O7. The van der Waals surface area contributed by atoms with Crippen LogP contribution in [-0.4, -0.2) is 70.4 Å². The van der Waals surface area contributed by atoms with E-state index in [0.717, 1.165) is 5.56 Å². The van der Waals surface area contributed by atoms with Crippen molar-refractivity contribution in [2.75, 3.05) is 7.11 Å². The van der Waals surface area contributed by atoms with Crippen LogP contribution in [0, 0.1) is 0 Å². The van der Waals surface area contributed by atoms with Crippen molar-refractivity contribution in [3.63, 3.8) is 0 Å². The second kappa shape index (κ2) is 9.23. The number of hydrogen-bond donors (Lipinski definition) is 1. The lowest BCUT2D eigenvalue weighted by Gasteiger charge is -2.43. The number of imide groups is 1. The van der Waals surface area contributed by atoms with Crippen molar-refractivity contribution >= 4 is 11.9 Å². The van der Waals surface area contributed by atoms with Crippen LogP contribution in [0.15, 0.2) is 54.6 Å². The molecular weight excluding hydrogens is 452 g/mol. The van der Waals surface area contributed by atoms with Crippen LogP contribution in [0.3, 0.4) is 0 Å². The first-order chi connectivity index (χ1) is 16.8. The van der Waals surface area contributed by atoms with E-state index in [9.17, 15) is 14.7 Å². The number of rotatable bonds is 6. The Morgan fingerprint density at radius 3 is 2.43 bits per heavy atom. The number of benzene rings is 2. The maximum absolute atomic E-state index is 13.8. The number of urea groups is 1. The summed E-state index contributed by atoms with van der Waals surface area (Å²) in [6, 6.07) is 15.1. The molecule has 9 nitrogen and oxygen atoms in total. The number of carbonyl (C=O) groups excluding carboxylic acids is 2. The second-order valence-corrected chi connectivity index (χ2v) is 9.55. The van der Waals surface area contributed by atoms with Crippen LogP contribution in [0.4, 0.5) is 4.79 Å². The molecule has 5 atom stereocenters. The van der Waals surface area contributed by atoms with Gasteiger partial charge in [0.05, 0.1) is 25.6 Å². The van der Waals surface area contributed by atoms with E-state index in [1.807, 2.05) is 30.3 Å². The number of hydrogen-bond acceptors (Lipinski definition) is 7. The van der Waals surface area contributed by atoms with Crippen LogP contribution in [-0.2, 0) is 36.8 Å². The zero-order valence-electron chi connectivity index (χ0n) is 20.0. The fraction of sp³-hybridized carbons (Fsp3) is 0.462. The van der Waals surface area contributed by atoms with Crippen molar-refractivity contribution in [1.29, 1.82) is 0 Å². The number of para-hydroxylation sites is 1. The van der Waals surface area contributed by atoms with Gasteiger partial charge < -0.3 is 29.0 Å². The van der Waals surface area contributed by atoms with Crippen LogP contribution in [0.25, 0.3) is 0 Å². The summed E-state index contributed by atoms with van der Waals surface area (Å²) in [4.78, 5) is 29.8. The lowest BCUT2D eigenvalue weighted by molar-refractivity contribution is -0.224. The summed E-state index contributed by atoms with van der Waals surface area (Å²) < 4.78 is 23.9. The summed E-state index contributed by atoms with van der Waals surface area (Å²) in [5.41, 5.74) is 1.42. The molecule has 3 amide bonds. The van der Waals surface area contributed by atoms with E-state index in [2.05, 4.69) is 0 Å². The zero-order valence-corrected chi connectivity index (χ0v) is 20.0. The average Bonchev–Trinajstić information content (AvgIpc) is 3.31. The first-order valence-electron chi connectivity index (χ1n) is 11.7. The highest BCUT2D eigenvalue weighted by molar-refractivity contribution is 5.97. The molecule has 0 aliphatic carbocycles. The second-order valence-electron chi connectivity index (χ2n) is 9.55. The minimum absolute atomic E-state index is 0.0412. The number of amides is 3. The quantitative estimate of drug-likeness (QED) is 0.676. The van der Waals surface area contributed by atoms with Gasteiger partial charge in [0.15, 0.2) is 12.1 Å². The third-order valence-corrected chi connectivity index (χ3v) is 6.76. The molecule has 0 radical (unpaired) electrons. The Morgan fingerprint density at radius 1 is 1.00 bits per heavy atom. The van der Waals surface area contributed by atoms with Gasteiger partial charge in [-0.3, -0.25) is 9.69 Å². The predicted octanol–water partition coefficient (Wildman–Crippen LogP) is 3.01. The minimum atomic E-state index is -0.822. The van der Waals surface area contributed by atoms with Gasteiger partial charge in [0.25, 0.3) is 0 Å². The van der Waals surface area contributed by atoms with Gasteiger partial charge in [-0.25, -0.2) is 4.79 Å². The maximum Gasteiger partial charge on any atom is 0.327 e. The van der Waals surface area contributed by atoms with Crippen LogP contribution in [0.2, 0.25) is 0 Å². The highest BCUT2D eigenvalue weighted by atomic mass is 16.8. The van der Waals surface area contributed by atoms with Gasteiger partial charge >= 0.3 is 6.03 Å². The van der Waals surface area contributed by atoms with E-state index in [-0.39, 0.29) is 31.2 Å². The van der Waals surface area contributed by atoms with Crippen molar-refractivity contribution in [2.24, 2.45) is 0 Å². The van der Waals surface area contributed by atoms with Gasteiger partial charge in [-0.15, -0.1) is 0 Å². The van der Waals surface area contributed by atoms with E-state index >= 15 is 0 Å². The molecule has 3 fully saturated rings. The predicted molar refractivity (Wildman–Crippen MR) is 124 cm³/mol. The van der Waals surface area contributed by atoms with E-state index < -0.39 is 42.5 Å². The summed E-state index contributed by atoms with van der Waals surface area (Å²) in [7, 11) is 1.56. The van der Waals surface area contributed by atoms with Crippen molar-refractivity contribution < 1.29 is 33.6 Å². The fourth-order valence-electron chi connectivity index (χ4n) is 5.11. The largest absolute Gasteiger partial charge is 0.508 e. The van der Waals surface area contributed by atoms with Crippen LogP contribution in [0.1, 0.15) is 31.4 Å². The number of ether oxygens (including phenoxy) is 4. The van der Waals surface area contributed by atoms with Gasteiger partial charge in [0.2, 0.25) is 5.91 Å². The van der Waals surface area contributed by atoms with Crippen molar-refractivity contribution in [1.82, 2.24) is 9.80 Å². The third kappa shape index (κ3) is 4.52. The third-order valence-electron chi connectivity index (χ3n) is 6.76. The minimum Gasteiger partial charge on any atom is -0.508 e. The van der Waals surface area contributed by atoms with E-state index in [1.54, 1.807) is 50.1 Å². The van der Waals surface area contributed by atoms with Crippen molar-refractivity contribution in [3.8, 4) is 5.75 Å². The van der Waals surface area contributed by atoms with Crippen molar-refractivity contribution in [3.05, 3.63) is 65.7 Å². The molecule has 0 saturated carbocycles. The summed E-state index contributed by atoms with van der Waals surface area (Å²) in [6.07, 6.45) is -2.30. The highest BCUT2D eigenvalue weighted by Gasteiger charge is 2.59. The molecule has 0 bridgehead atoms. The number of aromatic hydroxyl groups is 1. The van der Waals surface area contributed by atoms with Crippen LogP contribution >= 0.6 is 0 Å². The van der Waals surface area contributed by atoms with Gasteiger partial charge in [0.1, 0.15) is 24.1 Å². The normalized spacial score (nSPS) is 30.1. The lowest BCUT2D eigenvalue weighted by Crippen LogP contribution is -2.61. The first-order valence-corrected chi connectivity index (χ1v) is 11.7. The molecule has 0 aromatic heterocycles. The number of methoxy groups -OCH3 is 1. The number of carbonyl (C=O) groups is 2. The highest BCUT2D eigenvalue weighted by Crippen LogP contribution is 2.42. The molecule has 0 unspecified atom stereocenters. The number of phenols is 1. The molecule has 2 aromatic carbocycles. The molecule has 0 spiro atoms. The van der Waals surface area contributed by atoms with Gasteiger partial charge in [0, 0.05) is 12.7 Å². The zero-order chi connectivity index (χ0) is 24.7. The molecule has 3 aliphatic heterocycles. The SMILES string of the molecule is CO[C@@H]1[C@H]2OC(C)(C)O[C@H]2O[C@@H]1[C@@H]1CC(=O)N(Cc2ccccc2)C(=O)N1Cc1ccccc1O. The molecule has 186 valence electrons. The molecule has 5 rings (SSSR count). The molecule has 2 aromatic rings. The molecule has 3 heterocycles.